The van der Waals surface area contributed by atoms with Crippen LogP contribution in [0.4, 0.5) is 0 Å². The van der Waals surface area contributed by atoms with E-state index in [-0.39, 0.29) is 5.75 Å². The molecule has 0 atom stereocenters. The van der Waals surface area contributed by atoms with Crippen LogP contribution in [-0.2, 0) is 0 Å². The van der Waals surface area contributed by atoms with Gasteiger partial charge in [0, 0.05) is 17.6 Å². The Labute approximate surface area is 136 Å². The Hall–Kier alpha value is -2.55. The van der Waals surface area contributed by atoms with Crippen LogP contribution in [0.5, 0.6) is 11.5 Å². The Morgan fingerprint density at radius 1 is 1.09 bits per heavy atom. The van der Waals surface area contributed by atoms with E-state index in [1.165, 1.54) is 0 Å². The number of aryl methyl sites for hydroxylation is 1. The molecule has 0 spiro atoms. The first kappa shape index (κ1) is 15.3. The van der Waals surface area contributed by atoms with Crippen LogP contribution in [0, 0.1) is 6.92 Å². The van der Waals surface area contributed by atoms with Gasteiger partial charge in [-0.25, -0.2) is 0 Å². The lowest BCUT2D eigenvalue weighted by Gasteiger charge is -2.12. The van der Waals surface area contributed by atoms with Crippen molar-refractivity contribution >= 4 is 10.9 Å². The predicted octanol–water partition coefficient (Wildman–Crippen LogP) is 5.09. The molecule has 0 fully saturated rings. The molecule has 3 rings (SSSR count). The summed E-state index contributed by atoms with van der Waals surface area (Å²) in [5.74, 6) is 1.18. The van der Waals surface area contributed by atoms with Gasteiger partial charge in [0.2, 0.25) is 0 Å². The molecule has 0 aliphatic carbocycles. The maximum atomic E-state index is 9.62. The number of hydrogen-bond donors (Lipinski definition) is 1. The normalized spacial score (nSPS) is 10.9. The van der Waals surface area contributed by atoms with Gasteiger partial charge in [-0.2, -0.15) is 0 Å². The summed E-state index contributed by atoms with van der Waals surface area (Å²) in [6.07, 6.45) is 3.98. The lowest BCUT2D eigenvalue weighted by Crippen LogP contribution is -1.98. The van der Waals surface area contributed by atoms with Gasteiger partial charge >= 0.3 is 0 Å². The van der Waals surface area contributed by atoms with Gasteiger partial charge in [-0.05, 0) is 60.4 Å². The number of unbranched alkanes of at least 4 members (excludes halogenated alkanes) is 1. The minimum atomic E-state index is 0.234. The highest BCUT2D eigenvalue weighted by Crippen LogP contribution is 2.32. The zero-order valence-electron chi connectivity index (χ0n) is 13.5. The van der Waals surface area contributed by atoms with E-state index in [9.17, 15) is 5.11 Å². The molecule has 0 radical (unpaired) electrons. The molecule has 3 nitrogen and oxygen atoms in total. The number of ether oxygens (including phenoxy) is 1. The molecule has 0 bridgehead atoms. The molecule has 0 saturated heterocycles. The fourth-order valence-corrected chi connectivity index (χ4v) is 2.69. The minimum absolute atomic E-state index is 0.234. The molecule has 0 aliphatic heterocycles. The zero-order chi connectivity index (χ0) is 16.2. The highest BCUT2D eigenvalue weighted by Gasteiger charge is 2.08. The van der Waals surface area contributed by atoms with Gasteiger partial charge in [-0.3, -0.25) is 4.98 Å². The van der Waals surface area contributed by atoms with E-state index in [1.54, 1.807) is 18.3 Å². The Balaban J connectivity index is 1.97. The van der Waals surface area contributed by atoms with E-state index in [0.29, 0.717) is 0 Å². The molecule has 0 amide bonds. The van der Waals surface area contributed by atoms with Gasteiger partial charge in [0.15, 0.2) is 0 Å². The number of hydrogen-bond acceptors (Lipinski definition) is 3. The van der Waals surface area contributed by atoms with Gasteiger partial charge < -0.3 is 9.84 Å². The predicted molar refractivity (Wildman–Crippen MR) is 94.0 cm³/mol. The molecule has 0 saturated carbocycles. The number of rotatable bonds is 5. The van der Waals surface area contributed by atoms with E-state index >= 15 is 0 Å². The molecule has 0 unspecified atom stereocenters. The van der Waals surface area contributed by atoms with Gasteiger partial charge in [0.25, 0.3) is 0 Å². The number of benzene rings is 2. The molecule has 1 N–H and O–H groups in total. The number of fused-ring (bicyclic) bond motifs is 1. The van der Waals surface area contributed by atoms with Crippen molar-refractivity contribution in [1.82, 2.24) is 4.98 Å². The lowest BCUT2D eigenvalue weighted by atomic mass is 9.99. The molecule has 23 heavy (non-hydrogen) atoms. The Kier molecular flexibility index (Phi) is 4.47. The van der Waals surface area contributed by atoms with Crippen LogP contribution in [0.3, 0.4) is 0 Å². The number of pyridine rings is 1. The summed E-state index contributed by atoms with van der Waals surface area (Å²) in [6, 6.07) is 13.6. The monoisotopic (exact) mass is 307 g/mol. The van der Waals surface area contributed by atoms with E-state index in [0.717, 1.165) is 52.8 Å². The number of phenolic OH excluding ortho intramolecular Hbond substituents is 1. The third kappa shape index (κ3) is 3.29. The van der Waals surface area contributed by atoms with E-state index in [1.807, 2.05) is 18.2 Å². The van der Waals surface area contributed by atoms with Gasteiger partial charge in [0.05, 0.1) is 12.1 Å². The second-order valence-corrected chi connectivity index (χ2v) is 5.74. The van der Waals surface area contributed by atoms with Crippen LogP contribution in [-0.4, -0.2) is 16.7 Å². The third-order valence-electron chi connectivity index (χ3n) is 3.97. The highest BCUT2D eigenvalue weighted by molar-refractivity contribution is 5.95. The highest BCUT2D eigenvalue weighted by atomic mass is 16.5. The van der Waals surface area contributed by atoms with Crippen molar-refractivity contribution in [1.29, 1.82) is 0 Å². The van der Waals surface area contributed by atoms with E-state index < -0.39 is 0 Å². The SMILES string of the molecule is CCCCOc1ccc(-c2ccnc3cc(O)ccc23)cc1C. The standard InChI is InChI=1S/C20H21NO2/c1-3-4-11-23-20-8-5-15(12-14(20)2)17-9-10-21-19-13-16(22)6-7-18(17)19/h5-10,12-13,22H,3-4,11H2,1-2H3. The van der Waals surface area contributed by atoms with Crippen LogP contribution in [0.25, 0.3) is 22.0 Å². The van der Waals surface area contributed by atoms with E-state index in [4.69, 9.17) is 4.74 Å². The Bertz CT molecular complexity index is 827. The van der Waals surface area contributed by atoms with Crippen LogP contribution < -0.4 is 4.74 Å². The molecule has 0 aliphatic rings. The first-order chi connectivity index (χ1) is 11.2. The van der Waals surface area contributed by atoms with Crippen LogP contribution in [0.1, 0.15) is 25.3 Å². The summed E-state index contributed by atoms with van der Waals surface area (Å²) < 4.78 is 5.83. The summed E-state index contributed by atoms with van der Waals surface area (Å²) in [7, 11) is 0. The van der Waals surface area contributed by atoms with Gasteiger partial charge in [-0.1, -0.05) is 19.4 Å². The van der Waals surface area contributed by atoms with Crippen molar-refractivity contribution in [2.75, 3.05) is 6.61 Å². The van der Waals surface area contributed by atoms with Crippen LogP contribution in [0.2, 0.25) is 0 Å². The zero-order valence-corrected chi connectivity index (χ0v) is 13.5. The number of aromatic hydroxyl groups is 1. The summed E-state index contributed by atoms with van der Waals surface area (Å²) in [5, 5.41) is 10.7. The maximum Gasteiger partial charge on any atom is 0.122 e. The second-order valence-electron chi connectivity index (χ2n) is 5.74. The molecule has 3 aromatic rings. The molecule has 1 heterocycles. The topological polar surface area (TPSA) is 42.4 Å². The Morgan fingerprint density at radius 2 is 1.96 bits per heavy atom. The lowest BCUT2D eigenvalue weighted by molar-refractivity contribution is 0.307. The number of nitrogens with zero attached hydrogens (tertiary/aromatic N) is 1. The van der Waals surface area contributed by atoms with Crippen molar-refractivity contribution < 1.29 is 9.84 Å². The molecule has 3 heteroatoms. The Morgan fingerprint density at radius 3 is 2.74 bits per heavy atom. The molecular formula is C20H21NO2. The summed E-state index contributed by atoms with van der Waals surface area (Å²) in [4.78, 5) is 4.33. The summed E-state index contributed by atoms with van der Waals surface area (Å²) in [6.45, 7) is 4.99. The summed E-state index contributed by atoms with van der Waals surface area (Å²) in [5.41, 5.74) is 4.16. The smallest absolute Gasteiger partial charge is 0.122 e. The third-order valence-corrected chi connectivity index (χ3v) is 3.97. The second kappa shape index (κ2) is 6.69. The first-order valence-corrected chi connectivity index (χ1v) is 8.00. The molecule has 1 aromatic heterocycles. The number of aromatic nitrogens is 1. The average molecular weight is 307 g/mol. The first-order valence-electron chi connectivity index (χ1n) is 8.00. The molecule has 2 aromatic carbocycles. The van der Waals surface area contributed by atoms with Gasteiger partial charge in [-0.15, -0.1) is 0 Å². The number of phenols is 1. The molecule has 118 valence electrons. The fraction of sp³-hybridized carbons (Fsp3) is 0.250. The van der Waals surface area contributed by atoms with Crippen LogP contribution >= 0.6 is 0 Å². The van der Waals surface area contributed by atoms with Crippen molar-refractivity contribution in [3.63, 3.8) is 0 Å². The molecular weight excluding hydrogens is 286 g/mol. The van der Waals surface area contributed by atoms with Crippen molar-refractivity contribution in [3.05, 3.63) is 54.2 Å². The minimum Gasteiger partial charge on any atom is -0.508 e. The summed E-state index contributed by atoms with van der Waals surface area (Å²) >= 11 is 0. The quantitative estimate of drug-likeness (QED) is 0.667. The largest absolute Gasteiger partial charge is 0.508 e. The van der Waals surface area contributed by atoms with Crippen molar-refractivity contribution in [3.8, 4) is 22.6 Å². The van der Waals surface area contributed by atoms with Crippen LogP contribution in [0.15, 0.2) is 48.7 Å². The van der Waals surface area contributed by atoms with Gasteiger partial charge in [0.1, 0.15) is 11.5 Å². The fourth-order valence-electron chi connectivity index (χ4n) is 2.69. The van der Waals surface area contributed by atoms with E-state index in [2.05, 4.69) is 31.0 Å². The maximum absolute atomic E-state index is 9.62. The van der Waals surface area contributed by atoms with Crippen molar-refractivity contribution in [2.45, 2.75) is 26.7 Å². The van der Waals surface area contributed by atoms with Crippen molar-refractivity contribution in [2.24, 2.45) is 0 Å². The average Bonchev–Trinajstić information content (AvgIpc) is 2.55.